The monoisotopic (exact) mass is 255 g/mol. The van der Waals surface area contributed by atoms with E-state index in [0.717, 1.165) is 28.1 Å². The molecule has 3 rings (SSSR count). The maximum Gasteiger partial charge on any atom is 0.125 e. The number of imidazole rings is 1. The van der Waals surface area contributed by atoms with Crippen LogP contribution in [0.5, 0.6) is 0 Å². The number of aromatic nitrogens is 2. The Morgan fingerprint density at radius 2 is 1.89 bits per heavy atom. The minimum atomic E-state index is -0.244. The van der Waals surface area contributed by atoms with E-state index in [2.05, 4.69) is 4.98 Å². The van der Waals surface area contributed by atoms with Gasteiger partial charge in [0, 0.05) is 5.69 Å². The molecular formula is C15H14FN3. The first-order valence-electron chi connectivity index (χ1n) is 6.07. The van der Waals surface area contributed by atoms with Gasteiger partial charge < -0.3 is 5.73 Å². The van der Waals surface area contributed by atoms with Crippen molar-refractivity contribution in [3.05, 3.63) is 53.6 Å². The fraction of sp³-hybridized carbons (Fsp3) is 0.133. The highest BCUT2D eigenvalue weighted by molar-refractivity contribution is 5.81. The lowest BCUT2D eigenvalue weighted by Crippen LogP contribution is -1.98. The Bertz CT molecular complexity index is 754. The van der Waals surface area contributed by atoms with Crippen LogP contribution in [0.25, 0.3) is 16.7 Å². The highest BCUT2D eigenvalue weighted by atomic mass is 19.1. The second-order valence-electron chi connectivity index (χ2n) is 4.73. The molecule has 96 valence electrons. The van der Waals surface area contributed by atoms with Crippen molar-refractivity contribution in [1.82, 2.24) is 9.55 Å². The molecule has 2 aromatic carbocycles. The zero-order valence-corrected chi connectivity index (χ0v) is 10.8. The minimum Gasteiger partial charge on any atom is -0.399 e. The van der Waals surface area contributed by atoms with Gasteiger partial charge in [-0.05, 0) is 55.8 Å². The van der Waals surface area contributed by atoms with E-state index >= 15 is 0 Å². The van der Waals surface area contributed by atoms with Crippen LogP contribution >= 0.6 is 0 Å². The fourth-order valence-corrected chi connectivity index (χ4v) is 2.39. The molecule has 3 aromatic rings. The molecule has 0 fully saturated rings. The number of nitrogen functional groups attached to an aromatic ring is 1. The SMILES string of the molecule is Cc1cc(F)cc(-n2c(C)nc3cc(N)ccc32)c1. The normalized spacial score (nSPS) is 11.1. The van der Waals surface area contributed by atoms with Crippen LogP contribution in [-0.4, -0.2) is 9.55 Å². The van der Waals surface area contributed by atoms with Crippen molar-refractivity contribution in [1.29, 1.82) is 0 Å². The molecule has 1 heterocycles. The number of rotatable bonds is 1. The van der Waals surface area contributed by atoms with Gasteiger partial charge in [-0.1, -0.05) is 0 Å². The molecule has 4 heteroatoms. The van der Waals surface area contributed by atoms with Gasteiger partial charge in [0.15, 0.2) is 0 Å². The summed E-state index contributed by atoms with van der Waals surface area (Å²) in [4.78, 5) is 4.47. The number of anilines is 1. The Hall–Kier alpha value is -2.36. The molecule has 19 heavy (non-hydrogen) atoms. The van der Waals surface area contributed by atoms with Gasteiger partial charge in [-0.25, -0.2) is 9.37 Å². The zero-order valence-electron chi connectivity index (χ0n) is 10.8. The first-order valence-corrected chi connectivity index (χ1v) is 6.07. The third kappa shape index (κ3) is 1.95. The second-order valence-corrected chi connectivity index (χ2v) is 4.73. The lowest BCUT2D eigenvalue weighted by molar-refractivity contribution is 0.625. The molecule has 2 N–H and O–H groups in total. The first-order chi connectivity index (χ1) is 9.04. The van der Waals surface area contributed by atoms with Gasteiger partial charge >= 0.3 is 0 Å². The molecule has 0 saturated carbocycles. The Morgan fingerprint density at radius 1 is 1.11 bits per heavy atom. The van der Waals surface area contributed by atoms with Gasteiger partial charge in [-0.2, -0.15) is 0 Å². The number of hydrogen-bond donors (Lipinski definition) is 1. The number of nitrogens with two attached hydrogens (primary N) is 1. The van der Waals surface area contributed by atoms with E-state index in [1.165, 1.54) is 12.1 Å². The van der Waals surface area contributed by atoms with Crippen molar-refractivity contribution in [2.24, 2.45) is 0 Å². The van der Waals surface area contributed by atoms with Crippen molar-refractivity contribution in [3.63, 3.8) is 0 Å². The van der Waals surface area contributed by atoms with Gasteiger partial charge in [0.05, 0.1) is 16.7 Å². The zero-order chi connectivity index (χ0) is 13.6. The van der Waals surface area contributed by atoms with Crippen molar-refractivity contribution in [2.45, 2.75) is 13.8 Å². The van der Waals surface area contributed by atoms with E-state index in [0.29, 0.717) is 5.69 Å². The van der Waals surface area contributed by atoms with Crippen molar-refractivity contribution in [3.8, 4) is 5.69 Å². The summed E-state index contributed by atoms with van der Waals surface area (Å²) in [5, 5.41) is 0. The lowest BCUT2D eigenvalue weighted by atomic mass is 10.2. The van der Waals surface area contributed by atoms with Gasteiger partial charge in [0.1, 0.15) is 11.6 Å². The molecule has 0 aliphatic heterocycles. The van der Waals surface area contributed by atoms with Crippen molar-refractivity contribution < 1.29 is 4.39 Å². The maximum absolute atomic E-state index is 13.6. The van der Waals surface area contributed by atoms with E-state index in [1.807, 2.05) is 42.7 Å². The second kappa shape index (κ2) is 4.09. The van der Waals surface area contributed by atoms with Crippen molar-refractivity contribution in [2.75, 3.05) is 5.73 Å². The van der Waals surface area contributed by atoms with Crippen LogP contribution in [0.15, 0.2) is 36.4 Å². The summed E-state index contributed by atoms with van der Waals surface area (Å²) in [6.07, 6.45) is 0. The number of benzene rings is 2. The number of halogens is 1. The molecule has 0 radical (unpaired) electrons. The van der Waals surface area contributed by atoms with Crippen LogP contribution in [0.3, 0.4) is 0 Å². The van der Waals surface area contributed by atoms with E-state index in [4.69, 9.17) is 5.73 Å². The number of nitrogens with zero attached hydrogens (tertiary/aromatic N) is 2. The summed E-state index contributed by atoms with van der Waals surface area (Å²) in [6, 6.07) is 10.5. The van der Waals surface area contributed by atoms with Gasteiger partial charge in [-0.15, -0.1) is 0 Å². The van der Waals surface area contributed by atoms with E-state index in [1.54, 1.807) is 0 Å². The predicted molar refractivity (Wildman–Crippen MR) is 74.9 cm³/mol. The third-order valence-electron chi connectivity index (χ3n) is 3.13. The molecule has 0 aliphatic rings. The molecule has 0 atom stereocenters. The van der Waals surface area contributed by atoms with Crippen LogP contribution in [0.1, 0.15) is 11.4 Å². The average Bonchev–Trinajstić information content (AvgIpc) is 2.62. The Kier molecular flexibility index (Phi) is 2.52. The molecule has 0 amide bonds. The predicted octanol–water partition coefficient (Wildman–Crippen LogP) is 3.36. The summed E-state index contributed by atoms with van der Waals surface area (Å²) < 4.78 is 15.5. The molecule has 3 nitrogen and oxygen atoms in total. The Balaban J connectivity index is 2.32. The fourth-order valence-electron chi connectivity index (χ4n) is 2.39. The maximum atomic E-state index is 13.6. The van der Waals surface area contributed by atoms with E-state index < -0.39 is 0 Å². The molecular weight excluding hydrogens is 241 g/mol. The van der Waals surface area contributed by atoms with Crippen LogP contribution in [0, 0.1) is 19.7 Å². The van der Waals surface area contributed by atoms with Gasteiger partial charge in [0.25, 0.3) is 0 Å². The Labute approximate surface area is 110 Å². The lowest BCUT2D eigenvalue weighted by Gasteiger charge is -2.08. The summed E-state index contributed by atoms with van der Waals surface area (Å²) in [5.41, 5.74) is 9.84. The summed E-state index contributed by atoms with van der Waals surface area (Å²) in [6.45, 7) is 3.77. The minimum absolute atomic E-state index is 0.244. The summed E-state index contributed by atoms with van der Waals surface area (Å²) >= 11 is 0. The molecule has 0 aliphatic carbocycles. The topological polar surface area (TPSA) is 43.8 Å². The summed E-state index contributed by atoms with van der Waals surface area (Å²) in [5.74, 6) is 0.567. The largest absolute Gasteiger partial charge is 0.399 e. The van der Waals surface area contributed by atoms with E-state index in [9.17, 15) is 4.39 Å². The average molecular weight is 255 g/mol. The van der Waals surface area contributed by atoms with Crippen molar-refractivity contribution >= 4 is 16.7 Å². The molecule has 0 saturated heterocycles. The Morgan fingerprint density at radius 3 is 2.63 bits per heavy atom. The quantitative estimate of drug-likeness (QED) is 0.677. The molecule has 0 unspecified atom stereocenters. The standard InChI is InChI=1S/C15H14FN3/c1-9-5-11(16)7-13(6-9)19-10(2)18-14-8-12(17)3-4-15(14)19/h3-8H,17H2,1-2H3. The number of fused-ring (bicyclic) bond motifs is 1. The summed E-state index contributed by atoms with van der Waals surface area (Å²) in [7, 11) is 0. The number of aryl methyl sites for hydroxylation is 2. The highest BCUT2D eigenvalue weighted by Gasteiger charge is 2.10. The van der Waals surface area contributed by atoms with Crippen LogP contribution in [0.4, 0.5) is 10.1 Å². The third-order valence-corrected chi connectivity index (χ3v) is 3.13. The highest BCUT2D eigenvalue weighted by Crippen LogP contribution is 2.24. The van der Waals surface area contributed by atoms with Crippen LogP contribution in [-0.2, 0) is 0 Å². The molecule has 0 bridgehead atoms. The number of hydrogen-bond acceptors (Lipinski definition) is 2. The molecule has 1 aromatic heterocycles. The first kappa shape index (κ1) is 11.7. The van der Waals surface area contributed by atoms with Gasteiger partial charge in [-0.3, -0.25) is 4.57 Å². The van der Waals surface area contributed by atoms with Gasteiger partial charge in [0.2, 0.25) is 0 Å². The van der Waals surface area contributed by atoms with Crippen LogP contribution < -0.4 is 5.73 Å². The van der Waals surface area contributed by atoms with E-state index in [-0.39, 0.29) is 5.82 Å². The smallest absolute Gasteiger partial charge is 0.125 e. The molecule has 0 spiro atoms. The van der Waals surface area contributed by atoms with Crippen LogP contribution in [0.2, 0.25) is 0 Å².